The molecule has 184 valence electrons. The molecule has 0 amide bonds. The maximum atomic E-state index is 15.2. The van der Waals surface area contributed by atoms with E-state index in [1.54, 1.807) is 16.8 Å². The Morgan fingerprint density at radius 1 is 0.914 bits per heavy atom. The quantitative estimate of drug-likeness (QED) is 0.390. The number of halogens is 1. The molecule has 8 nitrogen and oxygen atoms in total. The Morgan fingerprint density at radius 2 is 1.57 bits per heavy atom. The van der Waals surface area contributed by atoms with Crippen LogP contribution in [0, 0.1) is 5.82 Å². The van der Waals surface area contributed by atoms with Gasteiger partial charge in [0.05, 0.1) is 12.1 Å². The van der Waals surface area contributed by atoms with Crippen LogP contribution < -0.4 is 0 Å². The number of nitrogens with zero attached hydrogens (tertiary/aromatic N) is 1. The van der Waals surface area contributed by atoms with Crippen LogP contribution in [-0.2, 0) is 39.8 Å². The summed E-state index contributed by atoms with van der Waals surface area (Å²) in [4.78, 5) is 35.5. The van der Waals surface area contributed by atoms with E-state index in [9.17, 15) is 14.4 Å². The Labute approximate surface area is 201 Å². The van der Waals surface area contributed by atoms with Crippen molar-refractivity contribution in [1.29, 1.82) is 0 Å². The Bertz CT molecular complexity index is 1240. The Balaban J connectivity index is 1.81. The number of hydrogen-bond acceptors (Lipinski definition) is 7. The SMILES string of the molecule is CC(=O)O[C@@H]1[C@@H](OC(C)=O)[C@H](OC(C)=O)CO[C@H]1n1cc(Cc2ccccc2)c2cccc(F)c21. The minimum Gasteiger partial charge on any atom is -0.456 e. The van der Waals surface area contributed by atoms with Gasteiger partial charge in [-0.15, -0.1) is 0 Å². The summed E-state index contributed by atoms with van der Waals surface area (Å²) < 4.78 is 38.9. The summed E-state index contributed by atoms with van der Waals surface area (Å²) in [7, 11) is 0. The Morgan fingerprint density at radius 3 is 2.23 bits per heavy atom. The maximum Gasteiger partial charge on any atom is 0.303 e. The van der Waals surface area contributed by atoms with Crippen molar-refractivity contribution in [2.24, 2.45) is 0 Å². The number of ether oxygens (including phenoxy) is 4. The van der Waals surface area contributed by atoms with E-state index >= 15 is 4.39 Å². The highest BCUT2D eigenvalue weighted by Gasteiger charge is 2.48. The molecule has 3 aromatic rings. The van der Waals surface area contributed by atoms with E-state index in [4.69, 9.17) is 18.9 Å². The standard InChI is InChI=1S/C26H26FNO7/c1-15(29)33-22-14-32-26(25(35-17(3)31)24(22)34-16(2)30)28-13-19(12-18-8-5-4-6-9-18)20-10-7-11-21(27)23(20)28/h4-11,13,22,24-26H,12,14H2,1-3H3/t22-,24+,25-,26-/m1/s1. The van der Waals surface area contributed by atoms with E-state index in [-0.39, 0.29) is 12.1 Å². The molecule has 35 heavy (non-hydrogen) atoms. The largest absolute Gasteiger partial charge is 0.456 e. The van der Waals surface area contributed by atoms with Gasteiger partial charge in [-0.2, -0.15) is 0 Å². The fourth-order valence-electron chi connectivity index (χ4n) is 4.46. The van der Waals surface area contributed by atoms with Crippen molar-refractivity contribution in [3.8, 4) is 0 Å². The van der Waals surface area contributed by atoms with E-state index in [2.05, 4.69) is 0 Å². The van der Waals surface area contributed by atoms with Crippen LogP contribution in [-0.4, -0.2) is 47.4 Å². The second-order valence-electron chi connectivity index (χ2n) is 8.38. The Kier molecular flexibility index (Phi) is 7.16. The molecule has 4 atom stereocenters. The summed E-state index contributed by atoms with van der Waals surface area (Å²) in [6.07, 6.45) is -2.12. The van der Waals surface area contributed by atoms with Gasteiger partial charge in [0.2, 0.25) is 0 Å². The lowest BCUT2D eigenvalue weighted by Gasteiger charge is -2.41. The van der Waals surface area contributed by atoms with Crippen molar-refractivity contribution in [2.75, 3.05) is 6.61 Å². The van der Waals surface area contributed by atoms with Gasteiger partial charge in [-0.1, -0.05) is 42.5 Å². The van der Waals surface area contributed by atoms with E-state index in [0.29, 0.717) is 11.8 Å². The summed E-state index contributed by atoms with van der Waals surface area (Å²) in [6.45, 7) is 3.46. The minimum absolute atomic E-state index is 0.151. The number of fused-ring (bicyclic) bond motifs is 1. The molecule has 0 bridgehead atoms. The first kappa shape index (κ1) is 24.4. The number of hydrogen-bond donors (Lipinski definition) is 0. The zero-order valence-electron chi connectivity index (χ0n) is 19.6. The van der Waals surface area contributed by atoms with Crippen LogP contribution in [0.1, 0.15) is 38.1 Å². The number of carbonyl (C=O) groups is 3. The first-order chi connectivity index (χ1) is 16.7. The number of carbonyl (C=O) groups excluding carboxylic acids is 3. The molecule has 1 saturated heterocycles. The molecule has 0 unspecified atom stereocenters. The molecule has 2 heterocycles. The monoisotopic (exact) mass is 483 g/mol. The highest BCUT2D eigenvalue weighted by molar-refractivity contribution is 5.85. The van der Waals surface area contributed by atoms with Crippen LogP contribution >= 0.6 is 0 Å². The number of esters is 3. The third-order valence-corrected chi connectivity index (χ3v) is 5.72. The topological polar surface area (TPSA) is 93.1 Å². The van der Waals surface area contributed by atoms with E-state index in [1.807, 2.05) is 36.4 Å². The Hall–Kier alpha value is -3.72. The molecule has 4 rings (SSSR count). The second kappa shape index (κ2) is 10.3. The number of rotatable bonds is 6. The van der Waals surface area contributed by atoms with Crippen LogP contribution in [0.5, 0.6) is 0 Å². The molecule has 0 aliphatic carbocycles. The minimum atomic E-state index is -1.20. The smallest absolute Gasteiger partial charge is 0.303 e. The van der Waals surface area contributed by atoms with Crippen LogP contribution in [0.2, 0.25) is 0 Å². The van der Waals surface area contributed by atoms with Gasteiger partial charge in [0, 0.05) is 32.4 Å². The van der Waals surface area contributed by atoms with Crippen molar-refractivity contribution < 1.29 is 37.7 Å². The molecule has 1 aliphatic heterocycles. The van der Waals surface area contributed by atoms with Gasteiger partial charge in [0.1, 0.15) is 5.82 Å². The molecular formula is C26H26FNO7. The molecule has 0 saturated carbocycles. The summed E-state index contributed by atoms with van der Waals surface area (Å²) in [6, 6.07) is 14.5. The van der Waals surface area contributed by atoms with Gasteiger partial charge >= 0.3 is 17.9 Å². The second-order valence-corrected chi connectivity index (χ2v) is 8.38. The van der Waals surface area contributed by atoms with Crippen LogP contribution in [0.3, 0.4) is 0 Å². The van der Waals surface area contributed by atoms with Crippen molar-refractivity contribution in [1.82, 2.24) is 4.57 Å². The first-order valence-electron chi connectivity index (χ1n) is 11.2. The normalized spacial score (nSPS) is 21.9. The van der Waals surface area contributed by atoms with E-state index in [0.717, 1.165) is 11.1 Å². The van der Waals surface area contributed by atoms with Crippen LogP contribution in [0.25, 0.3) is 10.9 Å². The van der Waals surface area contributed by atoms with E-state index in [1.165, 1.54) is 26.8 Å². The number of aromatic nitrogens is 1. The van der Waals surface area contributed by atoms with Gasteiger partial charge in [0.15, 0.2) is 24.5 Å². The molecular weight excluding hydrogens is 457 g/mol. The lowest BCUT2D eigenvalue weighted by Crippen LogP contribution is -2.55. The van der Waals surface area contributed by atoms with Crippen molar-refractivity contribution in [2.45, 2.75) is 51.7 Å². The predicted octanol–water partition coefficient (Wildman–Crippen LogP) is 3.70. The van der Waals surface area contributed by atoms with Gasteiger partial charge in [0.25, 0.3) is 0 Å². The van der Waals surface area contributed by atoms with Gasteiger partial charge in [-0.25, -0.2) is 4.39 Å². The highest BCUT2D eigenvalue weighted by atomic mass is 19.1. The maximum absolute atomic E-state index is 15.2. The van der Waals surface area contributed by atoms with Gasteiger partial charge in [-0.3, -0.25) is 14.4 Å². The third-order valence-electron chi connectivity index (χ3n) is 5.72. The average molecular weight is 483 g/mol. The zero-order valence-corrected chi connectivity index (χ0v) is 19.6. The van der Waals surface area contributed by atoms with Crippen LogP contribution in [0.15, 0.2) is 54.7 Å². The molecule has 1 aromatic heterocycles. The molecule has 0 N–H and O–H groups in total. The zero-order chi connectivity index (χ0) is 25.1. The highest BCUT2D eigenvalue weighted by Crippen LogP contribution is 2.36. The summed E-state index contributed by atoms with van der Waals surface area (Å²) >= 11 is 0. The van der Waals surface area contributed by atoms with Crippen molar-refractivity contribution in [3.63, 3.8) is 0 Å². The summed E-state index contributed by atoms with van der Waals surface area (Å²) in [5.41, 5.74) is 2.12. The van der Waals surface area contributed by atoms with Gasteiger partial charge in [-0.05, 0) is 23.6 Å². The number of para-hydroxylation sites is 1. The third kappa shape index (κ3) is 5.35. The molecule has 1 fully saturated rings. The fourth-order valence-corrected chi connectivity index (χ4v) is 4.46. The summed E-state index contributed by atoms with van der Waals surface area (Å²) in [5.74, 6) is -2.42. The van der Waals surface area contributed by atoms with Crippen molar-refractivity contribution >= 4 is 28.8 Å². The predicted molar refractivity (Wildman–Crippen MR) is 123 cm³/mol. The first-order valence-corrected chi connectivity index (χ1v) is 11.2. The van der Waals surface area contributed by atoms with Crippen molar-refractivity contribution in [3.05, 3.63) is 71.7 Å². The lowest BCUT2D eigenvalue weighted by molar-refractivity contribution is -0.239. The molecule has 0 radical (unpaired) electrons. The number of benzene rings is 2. The molecule has 9 heteroatoms. The molecule has 0 spiro atoms. The molecule has 1 aliphatic rings. The van der Waals surface area contributed by atoms with Crippen LogP contribution in [0.4, 0.5) is 4.39 Å². The van der Waals surface area contributed by atoms with E-state index < -0.39 is 48.3 Å². The van der Waals surface area contributed by atoms with Gasteiger partial charge < -0.3 is 23.5 Å². The lowest BCUT2D eigenvalue weighted by atomic mass is 10.0. The fraction of sp³-hybridized carbons (Fsp3) is 0.346. The molecule has 2 aromatic carbocycles. The average Bonchev–Trinajstić information content (AvgIpc) is 3.15. The summed E-state index contributed by atoms with van der Waals surface area (Å²) in [5, 5.41) is 0.671.